The molecule has 0 aliphatic heterocycles. The Bertz CT molecular complexity index is 234. The molecule has 0 aliphatic rings. The summed E-state index contributed by atoms with van der Waals surface area (Å²) in [6.07, 6.45) is 0. The van der Waals surface area contributed by atoms with Gasteiger partial charge in [0.25, 0.3) is 0 Å². The Hall–Kier alpha value is -0.639. The molecule has 0 aromatic rings. The van der Waals surface area contributed by atoms with Crippen molar-refractivity contribution in [2.45, 2.75) is 0 Å². The van der Waals surface area contributed by atoms with Crippen LogP contribution in [0.1, 0.15) is 0 Å². The number of nitrogens with zero attached hydrogens (tertiary/aromatic N) is 12. The molecule has 0 bridgehead atoms. The van der Waals surface area contributed by atoms with E-state index in [0.29, 0.717) is 0 Å². The molecule has 0 spiro atoms. The van der Waals surface area contributed by atoms with Crippen molar-refractivity contribution >= 4 is 136 Å². The van der Waals surface area contributed by atoms with Gasteiger partial charge in [0, 0.05) is 0 Å². The molecule has 0 fully saturated rings. The Morgan fingerprint density at radius 2 is 0.172 bits per heavy atom. The van der Waals surface area contributed by atoms with Gasteiger partial charge in [-0.15, -0.1) is 0 Å². The Labute approximate surface area is 306 Å². The summed E-state index contributed by atoms with van der Waals surface area (Å²) in [7, 11) is 0. The Balaban J connectivity index is -0.00000000356. The van der Waals surface area contributed by atoms with Crippen LogP contribution in [0.4, 0.5) is 0 Å². The molecule has 0 saturated carbocycles. The van der Waals surface area contributed by atoms with Gasteiger partial charge >= 0.3 is 171 Å². The van der Waals surface area contributed by atoms with Crippen molar-refractivity contribution in [3.63, 3.8) is 0 Å². The second kappa shape index (κ2) is 46500. The van der Waals surface area contributed by atoms with Crippen molar-refractivity contribution in [1.29, 1.82) is 63.1 Å². The standard InChI is InChI=1S/12CN.2Mn.3Sr/c12*1-2;;;;;/q12*-1;2*+3;3*+2. The minimum atomic E-state index is 0. The van der Waals surface area contributed by atoms with Crippen LogP contribution >= 0.6 is 0 Å². The summed E-state index contributed by atoms with van der Waals surface area (Å²) in [4.78, 5) is 0. The van der Waals surface area contributed by atoms with E-state index in [1.807, 2.05) is 0 Å². The van der Waals surface area contributed by atoms with Crippen LogP contribution in [0, 0.1) is 142 Å². The number of rotatable bonds is 0. The molecule has 0 N–H and O–H groups in total. The maximum Gasteiger partial charge on any atom is 3.00 e. The third-order valence-electron chi connectivity index (χ3n) is 0. The summed E-state index contributed by atoms with van der Waals surface area (Å²) in [5.74, 6) is 0. The molecule has 0 aliphatic carbocycles. The molecule has 0 rings (SSSR count). The van der Waals surface area contributed by atoms with Crippen molar-refractivity contribution in [3.05, 3.63) is 78.9 Å². The maximum absolute atomic E-state index is 6.25. The monoisotopic (exact) mass is 686 g/mol. The third-order valence-corrected chi connectivity index (χ3v) is 0. The first-order chi connectivity index (χ1) is 12.0. The summed E-state index contributed by atoms with van der Waals surface area (Å²) in [5, 5.41) is 75.0. The second-order valence-electron chi connectivity index (χ2n) is 0. The van der Waals surface area contributed by atoms with E-state index in [1.165, 1.54) is 0 Å². The fraction of sp³-hybridized carbons (Fsp3) is 0. The molecule has 0 aromatic heterocycles. The predicted octanol–water partition coefficient (Wildman–Crippen LogP) is 0.00904. The van der Waals surface area contributed by atoms with Crippen molar-refractivity contribution in [1.82, 2.24) is 0 Å². The van der Waals surface area contributed by atoms with Crippen LogP contribution in [-0.2, 0) is 34.1 Å². The number of hydrogen-bond donors (Lipinski definition) is 0. The average molecular weight is 685 g/mol. The van der Waals surface area contributed by atoms with Crippen LogP contribution in [0.25, 0.3) is 0 Å². The zero-order valence-corrected chi connectivity index (χ0v) is 27.0. The van der Waals surface area contributed by atoms with Crippen molar-refractivity contribution < 1.29 is 34.1 Å². The minimum Gasteiger partial charge on any atom is -0.512 e. The topological polar surface area (TPSA) is 285 Å². The Kier molecular flexibility index (Phi) is 264000. The fourth-order valence-corrected chi connectivity index (χ4v) is 0. The van der Waals surface area contributed by atoms with Crippen LogP contribution in [0.3, 0.4) is 0 Å². The molecule has 0 heterocycles. The van der Waals surface area contributed by atoms with E-state index in [-0.39, 0.29) is 171 Å². The Morgan fingerprint density at radius 1 is 0.172 bits per heavy atom. The quantitative estimate of drug-likeness (QED) is 0.241. The van der Waals surface area contributed by atoms with Gasteiger partial charge in [-0.2, -0.15) is 0 Å². The van der Waals surface area contributed by atoms with Gasteiger partial charge in [0.05, 0.1) is 0 Å². The van der Waals surface area contributed by atoms with Crippen LogP contribution < -0.4 is 0 Å². The molecule has 29 heavy (non-hydrogen) atoms. The van der Waals surface area contributed by atoms with E-state index in [9.17, 15) is 0 Å². The largest absolute Gasteiger partial charge is 3.00 e. The molecule has 0 amide bonds. The first-order valence-corrected chi connectivity index (χ1v) is 2.68. The smallest absolute Gasteiger partial charge is 0.512 e. The molecular formula is C12Mn2N12Sr3. The van der Waals surface area contributed by atoms with E-state index in [2.05, 4.69) is 0 Å². The van der Waals surface area contributed by atoms with Crippen LogP contribution in [-0.4, -0.2) is 136 Å². The zero-order chi connectivity index (χ0) is 24.0. The molecule has 0 aromatic carbocycles. The molecule has 12 nitrogen and oxygen atoms in total. The van der Waals surface area contributed by atoms with E-state index >= 15 is 0 Å². The van der Waals surface area contributed by atoms with E-state index in [1.54, 1.807) is 0 Å². The Morgan fingerprint density at radius 3 is 0.172 bits per heavy atom. The van der Waals surface area contributed by atoms with Gasteiger partial charge in [0.15, 0.2) is 0 Å². The van der Waals surface area contributed by atoms with E-state index in [0.717, 1.165) is 0 Å². The van der Waals surface area contributed by atoms with Crippen LogP contribution in [0.15, 0.2) is 0 Å². The summed E-state index contributed by atoms with van der Waals surface area (Å²) < 4.78 is 0. The fourth-order valence-electron chi connectivity index (χ4n) is 0. The molecular weight excluding hydrogens is 685 g/mol. The van der Waals surface area contributed by atoms with E-state index < -0.39 is 0 Å². The van der Waals surface area contributed by atoms with Gasteiger partial charge < -0.3 is 142 Å². The third kappa shape index (κ3) is 43000. The van der Waals surface area contributed by atoms with Crippen molar-refractivity contribution in [2.75, 3.05) is 0 Å². The SMILES string of the molecule is [C-]#N.[C-]#N.[C-]#N.[C-]#N.[C-]#N.[C-]#N.[C-]#N.[C-]#N.[C-]#N.[C-]#N.[C-]#N.[C-]#N.[Mn+3].[Mn+3].[Sr+2].[Sr+2].[Sr+2]. The maximum atomic E-state index is 6.25. The summed E-state index contributed by atoms with van der Waals surface area (Å²) >= 11 is 0. The normalized spacial score (nSPS) is 0.828. The molecule has 0 saturated heterocycles. The summed E-state index contributed by atoms with van der Waals surface area (Å²) in [6.45, 7) is 57.0. The minimum absolute atomic E-state index is 0. The first-order valence-electron chi connectivity index (χ1n) is 2.68. The van der Waals surface area contributed by atoms with Gasteiger partial charge in [-0.1, -0.05) is 0 Å². The summed E-state index contributed by atoms with van der Waals surface area (Å²) in [5.41, 5.74) is 0. The molecule has 0 radical (unpaired) electrons. The molecule has 0 unspecified atom stereocenters. The van der Waals surface area contributed by atoms with Gasteiger partial charge in [-0.05, 0) is 0 Å². The number of hydrogen-bond acceptors (Lipinski definition) is 12. The second-order valence-corrected chi connectivity index (χ2v) is 0. The van der Waals surface area contributed by atoms with Crippen molar-refractivity contribution in [2.24, 2.45) is 0 Å². The van der Waals surface area contributed by atoms with Gasteiger partial charge in [-0.25, -0.2) is 0 Å². The van der Waals surface area contributed by atoms with Gasteiger partial charge in [0.1, 0.15) is 0 Å². The molecule has 0 atom stereocenters. The van der Waals surface area contributed by atoms with Gasteiger partial charge in [0.2, 0.25) is 0 Å². The van der Waals surface area contributed by atoms with Gasteiger partial charge in [-0.3, -0.25) is 0 Å². The van der Waals surface area contributed by atoms with Crippen LogP contribution in [0.5, 0.6) is 0 Å². The van der Waals surface area contributed by atoms with Crippen LogP contribution in [0.2, 0.25) is 0 Å². The average Bonchev–Trinajstić information content (AvgIpc) is 2.84. The van der Waals surface area contributed by atoms with Crippen molar-refractivity contribution in [3.8, 4) is 0 Å². The molecule has 17 heteroatoms. The summed E-state index contributed by atoms with van der Waals surface area (Å²) in [6, 6.07) is 0. The van der Waals surface area contributed by atoms with E-state index in [4.69, 9.17) is 142 Å². The first kappa shape index (κ1) is 165. The molecule has 128 valence electrons. The predicted molar refractivity (Wildman–Crippen MR) is 76.9 cm³/mol. The zero-order valence-electron chi connectivity index (χ0n) is 14.2.